The van der Waals surface area contributed by atoms with E-state index < -0.39 is 47.2 Å². The summed E-state index contributed by atoms with van der Waals surface area (Å²) in [7, 11) is 4.78. The van der Waals surface area contributed by atoms with E-state index in [1.807, 2.05) is 52.8 Å². The molecule has 16 nitrogen and oxygen atoms in total. The highest BCUT2D eigenvalue weighted by Crippen LogP contribution is 2.42. The number of rotatable bonds is 12. The van der Waals surface area contributed by atoms with Crippen LogP contribution in [0.3, 0.4) is 0 Å². The third kappa shape index (κ3) is 10.6. The first-order chi connectivity index (χ1) is 32.2. The average Bonchev–Trinajstić information content (AvgIpc) is 4.06. The van der Waals surface area contributed by atoms with Gasteiger partial charge in [-0.2, -0.15) is 0 Å². The van der Waals surface area contributed by atoms with E-state index in [9.17, 15) is 29.1 Å². The lowest BCUT2D eigenvalue weighted by molar-refractivity contribution is -0.155. The Hall–Kier alpha value is -5.84. The van der Waals surface area contributed by atoms with Gasteiger partial charge in [-0.3, -0.25) is 39.3 Å². The summed E-state index contributed by atoms with van der Waals surface area (Å²) in [5.41, 5.74) is 9.49. The number of nitrogens with zero attached hydrogens (tertiary/aromatic N) is 5. The fraction of sp³-hybridized carbons (Fsp3) is 0.538. The van der Waals surface area contributed by atoms with Gasteiger partial charge in [0.05, 0.1) is 30.6 Å². The molecule has 0 saturated carbocycles. The summed E-state index contributed by atoms with van der Waals surface area (Å²) in [6, 6.07) is 12.1. The van der Waals surface area contributed by atoms with Gasteiger partial charge < -0.3 is 34.3 Å². The molecule has 7 rings (SSSR count). The average molecular weight is 935 g/mol. The van der Waals surface area contributed by atoms with Crippen LogP contribution in [0.1, 0.15) is 91.2 Å². The lowest BCUT2D eigenvalue weighted by Crippen LogP contribution is -2.62. The summed E-state index contributed by atoms with van der Waals surface area (Å²) in [5.74, 6) is -2.29. The Morgan fingerprint density at radius 1 is 1.04 bits per heavy atom. The fourth-order valence-electron chi connectivity index (χ4n) is 9.99. The van der Waals surface area contributed by atoms with Gasteiger partial charge in [0.25, 0.3) is 5.91 Å². The number of phenolic OH excluding ortho intramolecular Hbond substituents is 1. The molecule has 366 valence electrons. The Morgan fingerprint density at radius 3 is 2.47 bits per heavy atom. The van der Waals surface area contributed by atoms with Crippen molar-refractivity contribution in [3.8, 4) is 28.1 Å². The summed E-state index contributed by atoms with van der Waals surface area (Å²) >= 11 is 0. The maximum atomic E-state index is 14.7. The Bertz CT molecular complexity index is 2550. The number of likely N-dealkylation sites (N-methyl/N-ethyl adjacent to an activating group) is 2. The van der Waals surface area contributed by atoms with Gasteiger partial charge >= 0.3 is 5.97 Å². The molecule has 2 fully saturated rings. The zero-order chi connectivity index (χ0) is 49.4. The number of nitrogens with one attached hydrogen (secondary N) is 3. The number of hydrazine groups is 1. The predicted octanol–water partition coefficient (Wildman–Crippen LogP) is 5.39. The van der Waals surface area contributed by atoms with E-state index in [4.69, 9.17) is 14.5 Å². The fourth-order valence-corrected chi connectivity index (χ4v) is 9.99. The van der Waals surface area contributed by atoms with E-state index in [0.29, 0.717) is 36.9 Å². The van der Waals surface area contributed by atoms with Crippen molar-refractivity contribution in [1.29, 1.82) is 0 Å². The van der Waals surface area contributed by atoms with Crippen molar-refractivity contribution in [1.82, 2.24) is 40.4 Å². The monoisotopic (exact) mass is 935 g/mol. The van der Waals surface area contributed by atoms with Crippen molar-refractivity contribution in [3.63, 3.8) is 0 Å². The van der Waals surface area contributed by atoms with Gasteiger partial charge in [-0.1, -0.05) is 53.7 Å². The van der Waals surface area contributed by atoms with E-state index in [-0.39, 0.29) is 67.8 Å². The smallest absolute Gasteiger partial charge is 0.324 e. The van der Waals surface area contributed by atoms with Crippen molar-refractivity contribution in [2.45, 2.75) is 124 Å². The molecule has 16 heteroatoms. The minimum absolute atomic E-state index is 0.0182. The number of amides is 4. The number of phenols is 1. The van der Waals surface area contributed by atoms with Crippen LogP contribution in [0.2, 0.25) is 0 Å². The normalized spacial score (nSPS) is 21.5. The number of aromatic hydroxyl groups is 1. The number of aryl methyl sites for hydroxylation is 1. The molecule has 4 N–H and O–H groups in total. The van der Waals surface area contributed by atoms with Crippen LogP contribution in [-0.4, -0.2) is 130 Å². The lowest BCUT2D eigenvalue weighted by Gasteiger charge is -2.37. The predicted molar refractivity (Wildman–Crippen MR) is 260 cm³/mol. The number of aromatic nitrogens is 2. The second-order valence-corrected chi connectivity index (χ2v) is 20.3. The number of hydrogen-bond acceptors (Lipinski definition) is 11. The molecule has 0 aliphatic carbocycles. The maximum Gasteiger partial charge on any atom is 0.324 e. The Balaban J connectivity index is 1.28. The number of carbonyl (C=O) groups excluding carboxylic acids is 5. The van der Waals surface area contributed by atoms with Gasteiger partial charge in [-0.05, 0) is 104 Å². The minimum atomic E-state index is -1.18. The summed E-state index contributed by atoms with van der Waals surface area (Å²) < 4.78 is 14.2. The number of carbonyl (C=O) groups is 5. The van der Waals surface area contributed by atoms with Gasteiger partial charge in [0.2, 0.25) is 17.7 Å². The first-order valence-corrected chi connectivity index (χ1v) is 24.0. The number of hydrogen-bond donors (Lipinski definition) is 4. The highest BCUT2D eigenvalue weighted by atomic mass is 16.5. The van der Waals surface area contributed by atoms with Crippen LogP contribution in [0, 0.1) is 17.3 Å². The first-order valence-electron chi connectivity index (χ1n) is 24.0. The summed E-state index contributed by atoms with van der Waals surface area (Å²) in [6.07, 6.45) is 2.93. The highest BCUT2D eigenvalue weighted by molar-refractivity contribution is 5.96. The molecular weight excluding hydrogens is 865 g/mol. The number of benzene rings is 2. The summed E-state index contributed by atoms with van der Waals surface area (Å²) in [6.45, 7) is 16.7. The number of methoxy groups -OCH3 is 1. The van der Waals surface area contributed by atoms with Gasteiger partial charge in [0.15, 0.2) is 0 Å². The van der Waals surface area contributed by atoms with Crippen LogP contribution in [0.4, 0.5) is 0 Å². The molecule has 5 heterocycles. The number of pyridine rings is 1. The number of fused-ring (bicyclic) bond motifs is 6. The first kappa shape index (κ1) is 50.0. The van der Waals surface area contributed by atoms with Crippen LogP contribution in [0.25, 0.3) is 33.3 Å². The number of cyclic esters (lactones) is 1. The molecule has 3 aliphatic heterocycles. The Kier molecular flexibility index (Phi) is 15.0. The molecule has 6 atom stereocenters. The van der Waals surface area contributed by atoms with Crippen molar-refractivity contribution in [2.75, 3.05) is 40.9 Å². The second-order valence-electron chi connectivity index (χ2n) is 20.3. The van der Waals surface area contributed by atoms with Crippen LogP contribution in [0.5, 0.6) is 5.75 Å². The van der Waals surface area contributed by atoms with Gasteiger partial charge in [-0.15, -0.1) is 0 Å². The highest BCUT2D eigenvalue weighted by Gasteiger charge is 2.46. The standard InChI is InChI=1S/C52H70N8O8/c1-12-59-41-18-17-33-25-37(41)38(47(59)36-15-13-19-53-44(36)31(6)67-11)26-52(7,8)28-68-51(66)39-16-14-20-60(56-39)49(64)40(23-32-21-34(33)24-35(61)22-32)54-48(63)46(30(4)5)58(10)42(62)27-57(9)50(65)45-43(55-45)29(2)3/h13,15,17-19,21-22,24-25,29-31,39-40,43,45-46,55-56,61H,12,14,16,20,23,26-28H2,1-11H3,(H,54,63)/t31-,39-,40-,43+,45+,46?/m0/s1. The van der Waals surface area contributed by atoms with E-state index in [1.165, 1.54) is 21.9 Å². The van der Waals surface area contributed by atoms with E-state index in [1.54, 1.807) is 32.5 Å². The van der Waals surface area contributed by atoms with Crippen LogP contribution < -0.4 is 16.1 Å². The lowest BCUT2D eigenvalue weighted by atomic mass is 9.84. The quantitative estimate of drug-likeness (QED) is 0.105. The van der Waals surface area contributed by atoms with E-state index in [0.717, 1.165) is 39.0 Å². The third-order valence-corrected chi connectivity index (χ3v) is 13.7. The van der Waals surface area contributed by atoms with Crippen molar-refractivity contribution < 1.29 is 38.6 Å². The SMILES string of the molecule is CCn1c(-c2cccnc2[C@H](C)OC)c2c3cc(ccc31)-c1cc(O)cc(c1)C[C@H](NC(=O)C(C(C)C)N(C)C(=O)CN(C)C(=O)[C@@H]1N[C@@H]1C(C)C)C(=O)N1CCC[C@H](N1)C(=O)OCC(C)(C)C2. The molecule has 4 aromatic rings. The van der Waals surface area contributed by atoms with Crippen LogP contribution in [0.15, 0.2) is 54.7 Å². The van der Waals surface area contributed by atoms with Crippen molar-refractivity contribution >= 4 is 40.5 Å². The van der Waals surface area contributed by atoms with Gasteiger partial charge in [0, 0.05) is 74.8 Å². The molecule has 1 unspecified atom stereocenters. The molecule has 0 radical (unpaired) electrons. The third-order valence-electron chi connectivity index (χ3n) is 13.7. The Morgan fingerprint density at radius 2 is 1.79 bits per heavy atom. The molecule has 6 bridgehead atoms. The van der Waals surface area contributed by atoms with Crippen LogP contribution >= 0.6 is 0 Å². The van der Waals surface area contributed by atoms with Crippen molar-refractivity contribution in [3.05, 3.63) is 71.5 Å². The number of ether oxygens (including phenoxy) is 2. The van der Waals surface area contributed by atoms with Gasteiger partial charge in [0.1, 0.15) is 29.9 Å². The molecule has 68 heavy (non-hydrogen) atoms. The summed E-state index contributed by atoms with van der Waals surface area (Å²) in [4.78, 5) is 77.6. The molecule has 2 aromatic carbocycles. The zero-order valence-corrected chi connectivity index (χ0v) is 41.5. The molecule has 2 aromatic heterocycles. The topological polar surface area (TPSA) is 198 Å². The molecule has 0 spiro atoms. The van der Waals surface area contributed by atoms with Crippen LogP contribution in [-0.2, 0) is 52.8 Å². The number of esters is 1. The zero-order valence-electron chi connectivity index (χ0n) is 41.5. The molecule has 4 amide bonds. The van der Waals surface area contributed by atoms with E-state index >= 15 is 0 Å². The summed E-state index contributed by atoms with van der Waals surface area (Å²) in [5, 5.41) is 19.9. The Labute approximate surface area is 400 Å². The minimum Gasteiger partial charge on any atom is -0.508 e. The van der Waals surface area contributed by atoms with Crippen molar-refractivity contribution in [2.24, 2.45) is 17.3 Å². The largest absolute Gasteiger partial charge is 0.508 e. The second kappa shape index (κ2) is 20.4. The van der Waals surface area contributed by atoms with Gasteiger partial charge in [-0.25, -0.2) is 5.43 Å². The molecular formula is C52H70N8O8. The van der Waals surface area contributed by atoms with E-state index in [2.05, 4.69) is 59.6 Å². The maximum absolute atomic E-state index is 14.7. The molecule has 3 aliphatic rings. The molecule has 2 saturated heterocycles.